The fourth-order valence-electron chi connectivity index (χ4n) is 13.7. The molecule has 2 spiro atoms. The molecule has 2 heterocycles. The van der Waals surface area contributed by atoms with E-state index in [1.165, 1.54) is 23.3 Å². The zero-order chi connectivity index (χ0) is 43.5. The lowest BCUT2D eigenvalue weighted by Gasteiger charge is -2.71. The van der Waals surface area contributed by atoms with Gasteiger partial charge >= 0.3 is 6.18 Å². The van der Waals surface area contributed by atoms with E-state index in [1.807, 2.05) is 18.2 Å². The standard InChI is InChI=1S/C51H53Cl2F3N2O4/c1-46-19-16-36(59)29-48(46)22-23-50(38(30-48)45(60)41-15-14-40(62-41)37-28-34(51(54,55)56)10-13-39(37)53)42(46)17-20-47(2)43(50)18-21-49(47,61)31-57-24-26-58(27-25-57)44(32-6-4-3-5-7-32)33-8-11-35(52)12-9-33/h3-15,22-23,28,30,36,42-44,59,61H,16-21,24-27,29,31H2,1-2H3/t36?,42-,43-,44?,46-,47+,48+,49-,50-/m1/s1. The molecule has 7 aliphatic rings. The third-order valence-corrected chi connectivity index (χ3v) is 17.5. The quantitative estimate of drug-likeness (QED) is 0.136. The highest BCUT2D eigenvalue weighted by atomic mass is 35.5. The molecule has 2 bridgehead atoms. The van der Waals surface area contributed by atoms with Crippen molar-refractivity contribution in [1.29, 1.82) is 0 Å². The number of aliphatic hydroxyl groups is 2. The Labute approximate surface area is 371 Å². The third-order valence-electron chi connectivity index (χ3n) is 16.9. The van der Waals surface area contributed by atoms with E-state index in [2.05, 4.69) is 78.3 Å². The number of fused-ring (bicyclic) bond motifs is 1. The molecule has 11 heteroatoms. The molecule has 6 nitrogen and oxygen atoms in total. The van der Waals surface area contributed by atoms with Gasteiger partial charge in [0.1, 0.15) is 5.76 Å². The molecule has 1 aromatic heterocycles. The zero-order valence-electron chi connectivity index (χ0n) is 35.1. The number of ketones is 1. The molecule has 9 atom stereocenters. The topological polar surface area (TPSA) is 77.1 Å². The van der Waals surface area contributed by atoms with Gasteiger partial charge in [-0.2, -0.15) is 13.2 Å². The Hall–Kier alpha value is -3.70. The molecule has 1 aliphatic heterocycles. The summed E-state index contributed by atoms with van der Waals surface area (Å²) >= 11 is 12.7. The SMILES string of the molecule is C[C@]12CC[C@H]3[C@]4(C=C[C@@]5(C=C4C(=O)c4ccc(-c6cc(C(F)(F)F)ccc6Cl)o4)CC(O)CC[C@]35C)[C@@H]1CC[C@@]2(O)CN1CCN(C(c2ccccc2)c2ccc(Cl)cc2)CC1. The molecular weight excluding hydrogens is 832 g/mol. The summed E-state index contributed by atoms with van der Waals surface area (Å²) in [4.78, 5) is 20.1. The first-order valence-corrected chi connectivity index (χ1v) is 22.9. The van der Waals surface area contributed by atoms with Gasteiger partial charge in [0.2, 0.25) is 5.78 Å². The first-order valence-electron chi connectivity index (χ1n) is 22.1. The summed E-state index contributed by atoms with van der Waals surface area (Å²) in [5.74, 6) is -0.170. The number of hydrogen-bond acceptors (Lipinski definition) is 6. The lowest BCUT2D eigenvalue weighted by atomic mass is 9.32. The van der Waals surface area contributed by atoms with Crippen LogP contribution >= 0.6 is 23.2 Å². The predicted octanol–water partition coefficient (Wildman–Crippen LogP) is 11.5. The van der Waals surface area contributed by atoms with Gasteiger partial charge in [-0.1, -0.05) is 97.7 Å². The highest BCUT2D eigenvalue weighted by Gasteiger charge is 2.74. The number of allylic oxidation sites excluding steroid dienone is 4. The number of benzene rings is 3. The number of furan rings is 1. The maximum absolute atomic E-state index is 15.2. The van der Waals surface area contributed by atoms with Crippen LogP contribution < -0.4 is 0 Å². The highest BCUT2D eigenvalue weighted by molar-refractivity contribution is 6.33. The van der Waals surface area contributed by atoms with Crippen molar-refractivity contribution in [1.82, 2.24) is 9.80 Å². The number of halogens is 5. The van der Waals surface area contributed by atoms with Crippen molar-refractivity contribution in [3.05, 3.63) is 141 Å². The van der Waals surface area contributed by atoms with Gasteiger partial charge < -0.3 is 14.6 Å². The van der Waals surface area contributed by atoms with Crippen LogP contribution in [0.1, 0.15) is 92.1 Å². The number of Topliss-reactive ketones (excluding diaryl/α,β-unsaturated/α-hetero) is 1. The molecule has 326 valence electrons. The van der Waals surface area contributed by atoms with Crippen LogP contribution in [0.25, 0.3) is 11.3 Å². The van der Waals surface area contributed by atoms with Crippen molar-refractivity contribution in [3.8, 4) is 11.3 Å². The van der Waals surface area contributed by atoms with E-state index in [0.717, 1.165) is 64.0 Å². The van der Waals surface area contributed by atoms with Crippen molar-refractivity contribution in [2.75, 3.05) is 32.7 Å². The van der Waals surface area contributed by atoms with Crippen molar-refractivity contribution in [3.63, 3.8) is 0 Å². The van der Waals surface area contributed by atoms with Crippen molar-refractivity contribution >= 4 is 29.0 Å². The molecule has 3 aromatic carbocycles. The van der Waals surface area contributed by atoms with Crippen LogP contribution in [0.3, 0.4) is 0 Å². The molecule has 62 heavy (non-hydrogen) atoms. The zero-order valence-corrected chi connectivity index (χ0v) is 36.6. The van der Waals surface area contributed by atoms with Gasteiger partial charge in [-0.25, -0.2) is 0 Å². The van der Waals surface area contributed by atoms with Crippen LogP contribution in [-0.4, -0.2) is 70.2 Å². The number of carbonyl (C=O) groups excluding carboxylic acids is 1. The van der Waals surface area contributed by atoms with E-state index in [9.17, 15) is 23.4 Å². The highest BCUT2D eigenvalue weighted by Crippen LogP contribution is 2.78. The van der Waals surface area contributed by atoms with Crippen LogP contribution in [0.5, 0.6) is 0 Å². The monoisotopic (exact) mass is 884 g/mol. The third kappa shape index (κ3) is 6.38. The number of hydrogen-bond donors (Lipinski definition) is 2. The summed E-state index contributed by atoms with van der Waals surface area (Å²) < 4.78 is 47.4. The average Bonchev–Trinajstić information content (AvgIpc) is 3.84. The summed E-state index contributed by atoms with van der Waals surface area (Å²) in [5.41, 5.74) is -0.777. The Kier molecular flexibility index (Phi) is 10.2. The lowest BCUT2D eigenvalue weighted by Crippen LogP contribution is -2.67. The number of alkyl halides is 3. The van der Waals surface area contributed by atoms with Gasteiger partial charge in [0.15, 0.2) is 5.76 Å². The van der Waals surface area contributed by atoms with Crippen molar-refractivity contribution < 1.29 is 32.6 Å². The fraction of sp³-hybridized carbons (Fsp3) is 0.471. The summed E-state index contributed by atoms with van der Waals surface area (Å²) in [7, 11) is 0. The first kappa shape index (κ1) is 42.3. The summed E-state index contributed by atoms with van der Waals surface area (Å²) in [5, 5.41) is 25.1. The van der Waals surface area contributed by atoms with Gasteiger partial charge in [0, 0.05) is 65.1 Å². The van der Waals surface area contributed by atoms with Crippen LogP contribution in [0.4, 0.5) is 13.2 Å². The van der Waals surface area contributed by atoms with Gasteiger partial charge in [0.25, 0.3) is 0 Å². The molecule has 0 radical (unpaired) electrons. The Morgan fingerprint density at radius 1 is 0.839 bits per heavy atom. The summed E-state index contributed by atoms with van der Waals surface area (Å²) in [6.45, 7) is 8.40. The number of piperazine rings is 1. The van der Waals surface area contributed by atoms with Gasteiger partial charge in [0.05, 0.1) is 28.3 Å². The molecule has 11 rings (SSSR count). The number of rotatable bonds is 8. The van der Waals surface area contributed by atoms with Crippen LogP contribution in [-0.2, 0) is 6.18 Å². The van der Waals surface area contributed by atoms with E-state index in [0.29, 0.717) is 36.4 Å². The predicted molar refractivity (Wildman–Crippen MR) is 235 cm³/mol. The first-order chi connectivity index (χ1) is 29.5. The van der Waals surface area contributed by atoms with E-state index in [-0.39, 0.29) is 51.2 Å². The molecular formula is C51H53Cl2F3N2O4. The minimum absolute atomic E-state index is 0.0362. The van der Waals surface area contributed by atoms with Gasteiger partial charge in [-0.15, -0.1) is 0 Å². The second-order valence-corrected chi connectivity index (χ2v) is 20.5. The van der Waals surface area contributed by atoms with Crippen molar-refractivity contribution in [2.45, 2.75) is 82.7 Å². The van der Waals surface area contributed by atoms with E-state index in [4.69, 9.17) is 27.6 Å². The maximum Gasteiger partial charge on any atom is 0.416 e. The van der Waals surface area contributed by atoms with E-state index < -0.39 is 39.7 Å². The normalized spacial score (nSPS) is 34.9. The molecule has 6 aliphatic carbocycles. The van der Waals surface area contributed by atoms with Crippen LogP contribution in [0.15, 0.2) is 113 Å². The molecule has 2 unspecified atom stereocenters. The Morgan fingerprint density at radius 2 is 1.52 bits per heavy atom. The van der Waals surface area contributed by atoms with E-state index in [1.54, 1.807) is 6.07 Å². The molecule has 4 aromatic rings. The summed E-state index contributed by atoms with van der Waals surface area (Å²) in [6, 6.07) is 24.9. The average molecular weight is 886 g/mol. The Bertz CT molecular complexity index is 2450. The lowest BCUT2D eigenvalue weighted by molar-refractivity contribution is -0.177. The summed E-state index contributed by atoms with van der Waals surface area (Å²) in [6.07, 6.45) is 6.56. The maximum atomic E-state index is 15.2. The Balaban J connectivity index is 0.955. The van der Waals surface area contributed by atoms with Crippen LogP contribution in [0, 0.1) is 33.5 Å². The molecule has 1 saturated heterocycles. The van der Waals surface area contributed by atoms with Gasteiger partial charge in [-0.05, 0) is 116 Å². The second-order valence-electron chi connectivity index (χ2n) is 19.7. The van der Waals surface area contributed by atoms with Crippen LogP contribution in [0.2, 0.25) is 10.0 Å². The number of carbonyl (C=O) groups is 1. The molecule has 2 N–H and O–H groups in total. The van der Waals surface area contributed by atoms with Gasteiger partial charge in [-0.3, -0.25) is 14.6 Å². The second kappa shape index (κ2) is 14.9. The van der Waals surface area contributed by atoms with Crippen molar-refractivity contribution in [2.24, 2.45) is 33.5 Å². The number of aliphatic hydroxyl groups excluding tert-OH is 1. The molecule has 3 saturated carbocycles. The number of β-amino-alcohol motifs (C(OH)–C–C–N with tert-alkyl or cyclic N) is 1. The number of nitrogens with zero attached hydrogens (tertiary/aromatic N) is 2. The Morgan fingerprint density at radius 3 is 2.24 bits per heavy atom. The largest absolute Gasteiger partial charge is 0.453 e. The minimum Gasteiger partial charge on any atom is -0.453 e. The molecule has 4 fully saturated rings. The fourth-order valence-corrected chi connectivity index (χ4v) is 14.0. The molecule has 0 amide bonds. The smallest absolute Gasteiger partial charge is 0.416 e. The minimum atomic E-state index is -4.58. The van der Waals surface area contributed by atoms with E-state index >= 15 is 4.79 Å².